The van der Waals surface area contributed by atoms with E-state index < -0.39 is 15.8 Å². The van der Waals surface area contributed by atoms with Crippen molar-refractivity contribution >= 4 is 47.7 Å². The molecule has 47 heavy (non-hydrogen) atoms. The maximum Gasteiger partial charge on any atom is 2.00 e. The fourth-order valence-corrected chi connectivity index (χ4v) is 9.53. The zero-order chi connectivity index (χ0) is 31.1. The molecule has 6 rings (SSSR count). The fraction of sp³-hybridized carbons (Fsp3) is 0.143. The summed E-state index contributed by atoms with van der Waals surface area (Å²) in [6.07, 6.45) is 0. The fourth-order valence-electron chi connectivity index (χ4n) is 5.06. The van der Waals surface area contributed by atoms with Gasteiger partial charge in [0.1, 0.15) is 0 Å². The van der Waals surface area contributed by atoms with Gasteiger partial charge < -0.3 is 24.8 Å². The van der Waals surface area contributed by atoms with Gasteiger partial charge in [0.2, 0.25) is 0 Å². The van der Waals surface area contributed by atoms with E-state index in [9.17, 15) is 0 Å². The van der Waals surface area contributed by atoms with Crippen LogP contribution in [0.4, 0.5) is 0 Å². The van der Waals surface area contributed by atoms with E-state index in [-0.39, 0.29) is 41.3 Å². The first kappa shape index (κ1) is 40.4. The minimum Gasteiger partial charge on any atom is -1.00 e. The Morgan fingerprint density at radius 1 is 0.234 bits per heavy atom. The van der Waals surface area contributed by atoms with Crippen molar-refractivity contribution < 1.29 is 41.3 Å². The first-order valence-electron chi connectivity index (χ1n) is 15.3. The molecule has 0 aliphatic heterocycles. The van der Waals surface area contributed by atoms with Crippen molar-refractivity contribution in [3.63, 3.8) is 0 Å². The number of hydrogen-bond acceptors (Lipinski definition) is 0. The summed E-state index contributed by atoms with van der Waals surface area (Å²) in [6, 6.07) is 53.9. The van der Waals surface area contributed by atoms with Crippen molar-refractivity contribution in [3.8, 4) is 0 Å². The third kappa shape index (κ3) is 11.1. The van der Waals surface area contributed by atoms with Crippen LogP contribution in [0.1, 0.15) is 33.4 Å². The van der Waals surface area contributed by atoms with Crippen molar-refractivity contribution in [2.24, 2.45) is 0 Å². The van der Waals surface area contributed by atoms with Gasteiger partial charge in [-0.05, 0) is 89.2 Å². The van der Waals surface area contributed by atoms with Crippen LogP contribution in [0.5, 0.6) is 0 Å². The molecule has 0 aliphatic rings. The molecule has 0 bridgehead atoms. The summed E-state index contributed by atoms with van der Waals surface area (Å²) in [5.74, 6) is 0. The molecule has 6 aromatic carbocycles. The Balaban J connectivity index is 0.000000307. The summed E-state index contributed by atoms with van der Waals surface area (Å²) in [7, 11) is -0.966. The quantitative estimate of drug-likeness (QED) is 0.183. The second-order valence-electron chi connectivity index (χ2n) is 11.7. The van der Waals surface area contributed by atoms with Gasteiger partial charge in [-0.2, -0.15) is 0 Å². The van der Waals surface area contributed by atoms with Crippen LogP contribution in [0.15, 0.2) is 146 Å². The molecular weight excluding hydrogens is 696 g/mol. The second kappa shape index (κ2) is 19.3. The number of benzene rings is 6. The molecule has 0 aliphatic carbocycles. The van der Waals surface area contributed by atoms with Crippen LogP contribution in [0.25, 0.3) is 0 Å². The Hall–Kier alpha value is -2.75. The number of rotatable bonds is 6. The molecule has 5 heteroatoms. The molecule has 0 radical (unpaired) electrons. The van der Waals surface area contributed by atoms with E-state index in [1.165, 1.54) is 65.2 Å². The number of halogens is 2. The minimum atomic E-state index is -0.483. The van der Waals surface area contributed by atoms with Crippen molar-refractivity contribution in [3.05, 3.63) is 179 Å². The summed E-state index contributed by atoms with van der Waals surface area (Å²) in [6.45, 7) is 12.9. The van der Waals surface area contributed by atoms with Crippen LogP contribution in [-0.4, -0.2) is 0 Å². The Bertz CT molecular complexity index is 1410. The third-order valence-electron chi connectivity index (χ3n) is 7.75. The van der Waals surface area contributed by atoms with Gasteiger partial charge in [-0.25, -0.2) is 0 Å². The Morgan fingerprint density at radius 3 is 0.447 bits per heavy atom. The van der Waals surface area contributed by atoms with E-state index in [1.807, 2.05) is 0 Å². The van der Waals surface area contributed by atoms with E-state index in [4.69, 9.17) is 0 Å². The van der Waals surface area contributed by atoms with Gasteiger partial charge in [-0.15, -0.1) is 0 Å². The molecular formula is C42H42Cl2NiP2. The van der Waals surface area contributed by atoms with Crippen LogP contribution < -0.4 is 56.6 Å². The zero-order valence-electron chi connectivity index (χ0n) is 27.8. The van der Waals surface area contributed by atoms with Crippen molar-refractivity contribution in [2.45, 2.75) is 41.5 Å². The summed E-state index contributed by atoms with van der Waals surface area (Å²) in [5.41, 5.74) is 7.87. The van der Waals surface area contributed by atoms with E-state index in [0.717, 1.165) is 0 Å². The van der Waals surface area contributed by atoms with Crippen LogP contribution >= 0.6 is 15.8 Å². The monoisotopic (exact) mass is 736 g/mol. The molecule has 0 amide bonds. The summed E-state index contributed by atoms with van der Waals surface area (Å²) >= 11 is 0. The van der Waals surface area contributed by atoms with Gasteiger partial charge >= 0.3 is 16.5 Å². The van der Waals surface area contributed by atoms with E-state index in [2.05, 4.69) is 187 Å². The van der Waals surface area contributed by atoms with Crippen LogP contribution in [0.2, 0.25) is 0 Å². The van der Waals surface area contributed by atoms with Gasteiger partial charge in [-0.3, -0.25) is 0 Å². The van der Waals surface area contributed by atoms with Gasteiger partial charge in [-0.1, -0.05) is 179 Å². The number of aryl methyl sites for hydroxylation is 6. The largest absolute Gasteiger partial charge is 2.00 e. The molecule has 244 valence electrons. The molecule has 0 saturated heterocycles. The zero-order valence-corrected chi connectivity index (χ0v) is 32.1. The molecule has 6 aromatic rings. The topological polar surface area (TPSA) is 0 Å². The van der Waals surface area contributed by atoms with Crippen molar-refractivity contribution in [1.82, 2.24) is 0 Å². The first-order chi connectivity index (χ1) is 21.3. The summed E-state index contributed by atoms with van der Waals surface area (Å²) in [5, 5.41) is 8.46. The van der Waals surface area contributed by atoms with E-state index in [0.29, 0.717) is 0 Å². The Labute approximate surface area is 307 Å². The SMILES string of the molecule is Cc1ccc(P(c2ccc(C)cc2)c2ccc(C)cc2)cc1.Cc1ccc(P(c2ccc(C)cc2)c2ccc(C)cc2)cc1.[Cl-].[Cl-].[Ni+2]. The van der Waals surface area contributed by atoms with Crippen molar-refractivity contribution in [2.75, 3.05) is 0 Å². The van der Waals surface area contributed by atoms with Crippen LogP contribution in [0, 0.1) is 41.5 Å². The van der Waals surface area contributed by atoms with Gasteiger partial charge in [0.15, 0.2) is 0 Å². The second-order valence-corrected chi connectivity index (χ2v) is 16.1. The van der Waals surface area contributed by atoms with Crippen LogP contribution in [-0.2, 0) is 16.5 Å². The van der Waals surface area contributed by atoms with Gasteiger partial charge in [0, 0.05) is 0 Å². The third-order valence-corrected chi connectivity index (χ3v) is 12.6. The Kier molecular flexibility index (Phi) is 16.6. The molecule has 0 aromatic heterocycles. The van der Waals surface area contributed by atoms with Crippen molar-refractivity contribution in [1.29, 1.82) is 0 Å². The molecule has 0 N–H and O–H groups in total. The average Bonchev–Trinajstić information content (AvgIpc) is 3.03. The molecule has 0 fully saturated rings. The smallest absolute Gasteiger partial charge is 1.00 e. The molecule has 0 nitrogen and oxygen atoms in total. The molecule has 0 atom stereocenters. The van der Waals surface area contributed by atoms with Crippen LogP contribution in [0.3, 0.4) is 0 Å². The summed E-state index contributed by atoms with van der Waals surface area (Å²) in [4.78, 5) is 0. The normalized spacial score (nSPS) is 10.2. The average molecular weight is 738 g/mol. The van der Waals surface area contributed by atoms with E-state index in [1.54, 1.807) is 0 Å². The predicted molar refractivity (Wildman–Crippen MR) is 199 cm³/mol. The standard InChI is InChI=1S/2C21H21P.2ClH.Ni/c2*1-16-4-10-19(11-5-16)22(20-12-6-17(2)7-13-20)21-14-8-18(3)9-15-21;;;/h2*4-15H,1-3H3;2*1H;/q;;;;+2/p-2. The minimum absolute atomic E-state index is 0. The molecule has 0 unspecified atom stereocenters. The maximum absolute atomic E-state index is 2.28. The summed E-state index contributed by atoms with van der Waals surface area (Å²) < 4.78 is 0. The molecule has 0 heterocycles. The molecule has 0 saturated carbocycles. The maximum atomic E-state index is 2.28. The predicted octanol–water partition coefficient (Wildman–Crippen LogP) is 2.75. The van der Waals surface area contributed by atoms with Gasteiger partial charge in [0.05, 0.1) is 0 Å². The molecule has 0 spiro atoms. The number of hydrogen-bond donors (Lipinski definition) is 0. The van der Waals surface area contributed by atoms with E-state index >= 15 is 0 Å². The van der Waals surface area contributed by atoms with Gasteiger partial charge in [0.25, 0.3) is 0 Å². The first-order valence-corrected chi connectivity index (χ1v) is 18.0. The Morgan fingerprint density at radius 2 is 0.340 bits per heavy atom.